The summed E-state index contributed by atoms with van der Waals surface area (Å²) in [6.07, 6.45) is 1.47. The summed E-state index contributed by atoms with van der Waals surface area (Å²) >= 11 is 3.41. The molecule has 0 aliphatic carbocycles. The molecule has 90 valence electrons. The SMILES string of the molecule is CNCCc1noc(Cc2ccc(Br)cc2)n1. The maximum absolute atomic E-state index is 5.20. The second-order valence-corrected chi connectivity index (χ2v) is 4.68. The molecule has 0 aliphatic rings. The summed E-state index contributed by atoms with van der Waals surface area (Å²) in [6.45, 7) is 0.858. The molecular formula is C12H14BrN3O. The average Bonchev–Trinajstić information content (AvgIpc) is 2.77. The van der Waals surface area contributed by atoms with E-state index in [2.05, 4.69) is 31.4 Å². The first-order valence-electron chi connectivity index (χ1n) is 5.48. The molecule has 5 heteroatoms. The zero-order chi connectivity index (χ0) is 12.1. The Kier molecular flexibility index (Phi) is 4.28. The third-order valence-corrected chi connectivity index (χ3v) is 2.91. The van der Waals surface area contributed by atoms with Gasteiger partial charge in [0.1, 0.15) is 0 Å². The van der Waals surface area contributed by atoms with E-state index in [9.17, 15) is 0 Å². The number of hydrogen-bond acceptors (Lipinski definition) is 4. The van der Waals surface area contributed by atoms with Crippen LogP contribution in [-0.4, -0.2) is 23.7 Å². The molecule has 0 fully saturated rings. The van der Waals surface area contributed by atoms with E-state index in [1.165, 1.54) is 0 Å². The first-order valence-corrected chi connectivity index (χ1v) is 6.28. The summed E-state index contributed by atoms with van der Waals surface area (Å²) in [5.41, 5.74) is 1.16. The van der Waals surface area contributed by atoms with Crippen LogP contribution in [0.4, 0.5) is 0 Å². The summed E-state index contributed by atoms with van der Waals surface area (Å²) in [5, 5.41) is 6.99. The fourth-order valence-corrected chi connectivity index (χ4v) is 1.74. The lowest BCUT2D eigenvalue weighted by atomic mass is 10.1. The van der Waals surface area contributed by atoms with Crippen LogP contribution in [0, 0.1) is 0 Å². The molecule has 0 atom stereocenters. The highest BCUT2D eigenvalue weighted by Gasteiger charge is 2.06. The maximum atomic E-state index is 5.20. The van der Waals surface area contributed by atoms with E-state index >= 15 is 0 Å². The standard InChI is InChI=1S/C12H14BrN3O/c1-14-7-6-11-15-12(17-16-11)8-9-2-4-10(13)5-3-9/h2-5,14H,6-8H2,1H3. The van der Waals surface area contributed by atoms with Crippen molar-refractivity contribution in [3.05, 3.63) is 46.0 Å². The molecule has 0 amide bonds. The van der Waals surface area contributed by atoms with Crippen molar-refractivity contribution in [1.82, 2.24) is 15.5 Å². The minimum absolute atomic E-state index is 0.665. The Hall–Kier alpha value is -1.20. The van der Waals surface area contributed by atoms with Crippen LogP contribution in [0.3, 0.4) is 0 Å². The van der Waals surface area contributed by atoms with Gasteiger partial charge in [-0.05, 0) is 24.7 Å². The molecule has 0 radical (unpaired) electrons. The molecule has 1 aromatic heterocycles. The quantitative estimate of drug-likeness (QED) is 0.919. The second kappa shape index (κ2) is 5.93. The molecule has 2 aromatic rings. The van der Waals surface area contributed by atoms with Crippen LogP contribution in [0.5, 0.6) is 0 Å². The number of nitrogens with zero attached hydrogens (tertiary/aromatic N) is 2. The van der Waals surface area contributed by atoms with E-state index in [-0.39, 0.29) is 0 Å². The van der Waals surface area contributed by atoms with Crippen molar-refractivity contribution >= 4 is 15.9 Å². The van der Waals surface area contributed by atoms with Gasteiger partial charge in [-0.2, -0.15) is 4.98 Å². The number of hydrogen-bond donors (Lipinski definition) is 1. The third-order valence-electron chi connectivity index (χ3n) is 2.38. The normalized spacial score (nSPS) is 10.7. The Morgan fingerprint density at radius 1 is 1.29 bits per heavy atom. The maximum Gasteiger partial charge on any atom is 0.231 e. The summed E-state index contributed by atoms with van der Waals surface area (Å²) in [5.74, 6) is 1.42. The molecule has 0 bridgehead atoms. The van der Waals surface area contributed by atoms with Gasteiger partial charge in [0, 0.05) is 17.4 Å². The van der Waals surface area contributed by atoms with Crippen molar-refractivity contribution in [1.29, 1.82) is 0 Å². The summed E-state index contributed by atoms with van der Waals surface area (Å²) in [6, 6.07) is 8.10. The van der Waals surface area contributed by atoms with Gasteiger partial charge in [0.15, 0.2) is 5.82 Å². The number of rotatable bonds is 5. The second-order valence-electron chi connectivity index (χ2n) is 3.76. The predicted octanol–water partition coefficient (Wildman–Crippen LogP) is 2.18. The first kappa shape index (κ1) is 12.3. The van der Waals surface area contributed by atoms with E-state index in [0.29, 0.717) is 12.3 Å². The lowest BCUT2D eigenvalue weighted by Crippen LogP contribution is -2.11. The Morgan fingerprint density at radius 2 is 2.06 bits per heavy atom. The first-order chi connectivity index (χ1) is 8.28. The minimum atomic E-state index is 0.665. The summed E-state index contributed by atoms with van der Waals surface area (Å²) in [7, 11) is 1.91. The molecule has 0 aliphatic heterocycles. The lowest BCUT2D eigenvalue weighted by molar-refractivity contribution is 0.379. The van der Waals surface area contributed by atoms with Crippen LogP contribution in [0.15, 0.2) is 33.3 Å². The molecule has 0 saturated heterocycles. The van der Waals surface area contributed by atoms with Gasteiger partial charge >= 0.3 is 0 Å². The summed E-state index contributed by atoms with van der Waals surface area (Å²) in [4.78, 5) is 4.34. The summed E-state index contributed by atoms with van der Waals surface area (Å²) < 4.78 is 6.27. The van der Waals surface area contributed by atoms with E-state index in [4.69, 9.17) is 4.52 Å². The number of halogens is 1. The predicted molar refractivity (Wildman–Crippen MR) is 68.9 cm³/mol. The van der Waals surface area contributed by atoms with Crippen LogP contribution in [0.2, 0.25) is 0 Å². The number of nitrogens with one attached hydrogen (secondary N) is 1. The van der Waals surface area contributed by atoms with Gasteiger partial charge in [-0.3, -0.25) is 0 Å². The monoisotopic (exact) mass is 295 g/mol. The minimum Gasteiger partial charge on any atom is -0.339 e. The van der Waals surface area contributed by atoms with Crippen molar-refractivity contribution in [3.8, 4) is 0 Å². The van der Waals surface area contributed by atoms with Gasteiger partial charge < -0.3 is 9.84 Å². The smallest absolute Gasteiger partial charge is 0.231 e. The Morgan fingerprint density at radius 3 is 2.76 bits per heavy atom. The fraction of sp³-hybridized carbons (Fsp3) is 0.333. The lowest BCUT2D eigenvalue weighted by Gasteiger charge is -1.96. The number of benzene rings is 1. The molecule has 1 heterocycles. The fourth-order valence-electron chi connectivity index (χ4n) is 1.48. The van der Waals surface area contributed by atoms with Crippen molar-refractivity contribution in [3.63, 3.8) is 0 Å². The van der Waals surface area contributed by atoms with Gasteiger partial charge in [-0.15, -0.1) is 0 Å². The van der Waals surface area contributed by atoms with Gasteiger partial charge in [-0.1, -0.05) is 33.2 Å². The molecule has 2 rings (SSSR count). The van der Waals surface area contributed by atoms with Gasteiger partial charge in [0.2, 0.25) is 5.89 Å². The van der Waals surface area contributed by atoms with Crippen molar-refractivity contribution < 1.29 is 4.52 Å². The third kappa shape index (κ3) is 3.64. The highest BCUT2D eigenvalue weighted by atomic mass is 79.9. The van der Waals surface area contributed by atoms with Crippen molar-refractivity contribution in [2.75, 3.05) is 13.6 Å². The molecule has 4 nitrogen and oxygen atoms in total. The largest absolute Gasteiger partial charge is 0.339 e. The van der Waals surface area contributed by atoms with Crippen LogP contribution < -0.4 is 5.32 Å². The Labute approximate surface area is 109 Å². The van der Waals surface area contributed by atoms with E-state index in [1.807, 2.05) is 31.3 Å². The molecule has 17 heavy (non-hydrogen) atoms. The van der Waals surface area contributed by atoms with Crippen LogP contribution >= 0.6 is 15.9 Å². The van der Waals surface area contributed by atoms with E-state index in [1.54, 1.807) is 0 Å². The highest BCUT2D eigenvalue weighted by molar-refractivity contribution is 9.10. The topological polar surface area (TPSA) is 51.0 Å². The molecule has 1 N–H and O–H groups in total. The van der Waals surface area contributed by atoms with Crippen LogP contribution in [-0.2, 0) is 12.8 Å². The number of likely N-dealkylation sites (N-methyl/N-ethyl adjacent to an activating group) is 1. The van der Waals surface area contributed by atoms with Gasteiger partial charge in [0.25, 0.3) is 0 Å². The average molecular weight is 296 g/mol. The van der Waals surface area contributed by atoms with Crippen molar-refractivity contribution in [2.45, 2.75) is 12.8 Å². The molecular weight excluding hydrogens is 282 g/mol. The van der Waals surface area contributed by atoms with Gasteiger partial charge in [-0.25, -0.2) is 0 Å². The van der Waals surface area contributed by atoms with Crippen LogP contribution in [0.1, 0.15) is 17.3 Å². The van der Waals surface area contributed by atoms with E-state index in [0.717, 1.165) is 28.8 Å². The zero-order valence-electron chi connectivity index (χ0n) is 9.61. The molecule has 1 aromatic carbocycles. The van der Waals surface area contributed by atoms with Crippen LogP contribution in [0.25, 0.3) is 0 Å². The van der Waals surface area contributed by atoms with Gasteiger partial charge in [0.05, 0.1) is 6.42 Å². The zero-order valence-corrected chi connectivity index (χ0v) is 11.2. The Bertz CT molecular complexity index is 467. The molecule has 0 spiro atoms. The number of aromatic nitrogens is 2. The molecule has 0 saturated carbocycles. The Balaban J connectivity index is 1.98. The van der Waals surface area contributed by atoms with Crippen molar-refractivity contribution in [2.24, 2.45) is 0 Å². The molecule has 0 unspecified atom stereocenters. The van der Waals surface area contributed by atoms with E-state index < -0.39 is 0 Å². The highest BCUT2D eigenvalue weighted by Crippen LogP contribution is 2.13.